The fourth-order valence-electron chi connectivity index (χ4n) is 2.79. The van der Waals surface area contributed by atoms with Gasteiger partial charge in [-0.05, 0) is 36.2 Å². The van der Waals surface area contributed by atoms with Crippen molar-refractivity contribution in [1.82, 2.24) is 15.5 Å². The lowest BCUT2D eigenvalue weighted by molar-refractivity contribution is -0.121. The summed E-state index contributed by atoms with van der Waals surface area (Å²) in [6, 6.07) is 15.3. The van der Waals surface area contributed by atoms with Crippen LogP contribution in [0.1, 0.15) is 24.3 Å². The van der Waals surface area contributed by atoms with Gasteiger partial charge < -0.3 is 19.2 Å². The first-order valence-electron chi connectivity index (χ1n) is 8.81. The molecule has 0 saturated carbocycles. The zero-order valence-electron chi connectivity index (χ0n) is 14.7. The molecule has 1 aliphatic heterocycles. The minimum absolute atomic E-state index is 0.0181. The van der Waals surface area contributed by atoms with Crippen LogP contribution in [0.4, 0.5) is 0 Å². The van der Waals surface area contributed by atoms with Crippen LogP contribution >= 0.6 is 0 Å². The summed E-state index contributed by atoms with van der Waals surface area (Å²) in [5, 5.41) is 11.0. The van der Waals surface area contributed by atoms with Crippen LogP contribution in [0, 0.1) is 0 Å². The largest absolute Gasteiger partial charge is 0.454 e. The van der Waals surface area contributed by atoms with Crippen molar-refractivity contribution in [3.8, 4) is 23.0 Å². The van der Waals surface area contributed by atoms with Crippen LogP contribution < -0.4 is 14.8 Å². The number of rotatable bonds is 7. The van der Waals surface area contributed by atoms with E-state index in [1.165, 1.54) is 0 Å². The first kappa shape index (κ1) is 17.1. The number of hydrogen-bond donors (Lipinski definition) is 1. The van der Waals surface area contributed by atoms with Crippen molar-refractivity contribution in [2.24, 2.45) is 0 Å². The number of fused-ring (bicyclic) bond motifs is 1. The smallest absolute Gasteiger partial charge is 0.247 e. The van der Waals surface area contributed by atoms with Crippen molar-refractivity contribution in [2.75, 3.05) is 6.79 Å². The van der Waals surface area contributed by atoms with Crippen LogP contribution in [-0.2, 0) is 17.8 Å². The van der Waals surface area contributed by atoms with Crippen molar-refractivity contribution < 1.29 is 18.7 Å². The van der Waals surface area contributed by atoms with E-state index in [0.29, 0.717) is 43.3 Å². The third-order valence-electron chi connectivity index (χ3n) is 4.21. The number of carbonyl (C=O) groups excluding carboxylic acids is 1. The zero-order valence-corrected chi connectivity index (χ0v) is 14.7. The molecule has 2 heterocycles. The quantitative estimate of drug-likeness (QED) is 0.692. The average molecular weight is 365 g/mol. The highest BCUT2D eigenvalue weighted by atomic mass is 16.7. The maximum atomic E-state index is 12.0. The van der Waals surface area contributed by atoms with Gasteiger partial charge in [-0.25, -0.2) is 0 Å². The molecular weight excluding hydrogens is 346 g/mol. The SMILES string of the molecule is O=C(CCCc1nnc(-c2ccccc2)o1)NCc1ccc2c(c1)OCO2. The Labute approximate surface area is 156 Å². The van der Waals surface area contributed by atoms with Crippen LogP contribution in [-0.4, -0.2) is 22.9 Å². The van der Waals surface area contributed by atoms with Gasteiger partial charge in [0.2, 0.25) is 24.5 Å². The molecule has 1 N–H and O–H groups in total. The Kier molecular flexibility index (Phi) is 5.00. The van der Waals surface area contributed by atoms with Gasteiger partial charge in [0.1, 0.15) is 0 Å². The normalized spacial score (nSPS) is 12.1. The highest BCUT2D eigenvalue weighted by Crippen LogP contribution is 2.32. The second-order valence-electron chi connectivity index (χ2n) is 6.18. The van der Waals surface area contributed by atoms with E-state index in [1.807, 2.05) is 48.5 Å². The van der Waals surface area contributed by atoms with Crippen LogP contribution in [0.3, 0.4) is 0 Å². The number of aromatic nitrogens is 2. The number of hydrogen-bond acceptors (Lipinski definition) is 6. The lowest BCUT2D eigenvalue weighted by Crippen LogP contribution is -2.22. The minimum Gasteiger partial charge on any atom is -0.454 e. The summed E-state index contributed by atoms with van der Waals surface area (Å²) in [5.74, 6) is 2.47. The van der Waals surface area contributed by atoms with Gasteiger partial charge in [-0.3, -0.25) is 4.79 Å². The maximum Gasteiger partial charge on any atom is 0.247 e. The van der Waals surface area contributed by atoms with Crippen molar-refractivity contribution in [3.63, 3.8) is 0 Å². The molecule has 0 radical (unpaired) electrons. The molecule has 0 unspecified atom stereocenters. The minimum atomic E-state index is -0.0181. The number of aryl methyl sites for hydroxylation is 1. The van der Waals surface area contributed by atoms with Crippen LogP contribution in [0.2, 0.25) is 0 Å². The van der Waals surface area contributed by atoms with Gasteiger partial charge in [-0.15, -0.1) is 10.2 Å². The highest BCUT2D eigenvalue weighted by molar-refractivity contribution is 5.75. The Morgan fingerprint density at radius 1 is 1.04 bits per heavy atom. The second kappa shape index (κ2) is 7.90. The standard InChI is InChI=1S/C20H19N3O4/c24-18(21-12-14-9-10-16-17(11-14)26-13-25-16)7-4-8-19-22-23-20(27-19)15-5-2-1-3-6-15/h1-3,5-6,9-11H,4,7-8,12-13H2,(H,21,24). The van der Waals surface area contributed by atoms with Gasteiger partial charge in [-0.1, -0.05) is 24.3 Å². The Morgan fingerprint density at radius 2 is 1.89 bits per heavy atom. The lowest BCUT2D eigenvalue weighted by atomic mass is 10.2. The first-order chi connectivity index (χ1) is 13.3. The fourth-order valence-corrected chi connectivity index (χ4v) is 2.79. The van der Waals surface area contributed by atoms with Gasteiger partial charge in [0.25, 0.3) is 0 Å². The summed E-state index contributed by atoms with van der Waals surface area (Å²) in [6.07, 6.45) is 1.61. The molecule has 0 atom stereocenters. The van der Waals surface area contributed by atoms with E-state index in [1.54, 1.807) is 0 Å². The van der Waals surface area contributed by atoms with Gasteiger partial charge >= 0.3 is 0 Å². The molecule has 4 rings (SSSR count). The van der Waals surface area contributed by atoms with Gasteiger partial charge in [-0.2, -0.15) is 0 Å². The predicted octanol–water partition coefficient (Wildman–Crippen LogP) is 3.10. The van der Waals surface area contributed by atoms with Crippen molar-refractivity contribution in [1.29, 1.82) is 0 Å². The van der Waals surface area contributed by atoms with Gasteiger partial charge in [0.05, 0.1) is 0 Å². The molecule has 0 fully saturated rings. The van der Waals surface area contributed by atoms with Gasteiger partial charge in [0, 0.05) is 24.9 Å². The summed E-state index contributed by atoms with van der Waals surface area (Å²) < 4.78 is 16.3. The summed E-state index contributed by atoms with van der Waals surface area (Å²) >= 11 is 0. The molecule has 0 saturated heterocycles. The van der Waals surface area contributed by atoms with Crippen LogP contribution in [0.15, 0.2) is 52.9 Å². The number of nitrogens with one attached hydrogen (secondary N) is 1. The number of amides is 1. The first-order valence-corrected chi connectivity index (χ1v) is 8.81. The Balaban J connectivity index is 1.21. The van der Waals surface area contributed by atoms with E-state index in [4.69, 9.17) is 13.9 Å². The highest BCUT2D eigenvalue weighted by Gasteiger charge is 2.13. The van der Waals surface area contributed by atoms with E-state index < -0.39 is 0 Å². The second-order valence-corrected chi connectivity index (χ2v) is 6.18. The molecule has 2 aromatic carbocycles. The van der Waals surface area contributed by atoms with Crippen molar-refractivity contribution in [3.05, 3.63) is 60.0 Å². The summed E-state index contributed by atoms with van der Waals surface area (Å²) in [5.41, 5.74) is 1.86. The van der Waals surface area contributed by atoms with Crippen LogP contribution in [0.5, 0.6) is 11.5 Å². The molecule has 3 aromatic rings. The Morgan fingerprint density at radius 3 is 2.78 bits per heavy atom. The fraction of sp³-hybridized carbons (Fsp3) is 0.250. The third kappa shape index (κ3) is 4.25. The third-order valence-corrected chi connectivity index (χ3v) is 4.21. The molecule has 0 spiro atoms. The van der Waals surface area contributed by atoms with Crippen molar-refractivity contribution in [2.45, 2.75) is 25.8 Å². The molecule has 7 heteroatoms. The topological polar surface area (TPSA) is 86.5 Å². The molecule has 0 aliphatic carbocycles. The number of benzene rings is 2. The summed E-state index contributed by atoms with van der Waals surface area (Å²) in [7, 11) is 0. The molecule has 1 aliphatic rings. The van der Waals surface area contributed by atoms with E-state index in [0.717, 1.165) is 16.9 Å². The Bertz CT molecular complexity index is 924. The Hall–Kier alpha value is -3.35. The number of nitrogens with zero attached hydrogens (tertiary/aromatic N) is 2. The van der Waals surface area contributed by atoms with E-state index in [-0.39, 0.29) is 12.7 Å². The number of ether oxygens (including phenoxy) is 2. The molecular formula is C20H19N3O4. The molecule has 138 valence electrons. The average Bonchev–Trinajstić information content (AvgIpc) is 3.36. The molecule has 7 nitrogen and oxygen atoms in total. The van der Waals surface area contributed by atoms with E-state index in [2.05, 4.69) is 15.5 Å². The summed E-state index contributed by atoms with van der Waals surface area (Å²) in [4.78, 5) is 12.0. The predicted molar refractivity (Wildman–Crippen MR) is 97.1 cm³/mol. The van der Waals surface area contributed by atoms with E-state index >= 15 is 0 Å². The van der Waals surface area contributed by atoms with Gasteiger partial charge in [0.15, 0.2) is 11.5 Å². The monoisotopic (exact) mass is 365 g/mol. The maximum absolute atomic E-state index is 12.0. The molecule has 0 bridgehead atoms. The van der Waals surface area contributed by atoms with E-state index in [9.17, 15) is 4.79 Å². The molecule has 1 aromatic heterocycles. The molecule has 1 amide bonds. The zero-order chi connectivity index (χ0) is 18.5. The molecule has 27 heavy (non-hydrogen) atoms. The lowest BCUT2D eigenvalue weighted by Gasteiger charge is -2.06. The van der Waals surface area contributed by atoms with Crippen LogP contribution in [0.25, 0.3) is 11.5 Å². The summed E-state index contributed by atoms with van der Waals surface area (Å²) in [6.45, 7) is 0.695. The number of carbonyl (C=O) groups is 1. The van der Waals surface area contributed by atoms with Crippen molar-refractivity contribution >= 4 is 5.91 Å².